The first-order valence-corrected chi connectivity index (χ1v) is 8.74. The highest BCUT2D eigenvalue weighted by Crippen LogP contribution is 2.22. The second kappa shape index (κ2) is 7.84. The van der Waals surface area contributed by atoms with Crippen LogP contribution in [0.4, 0.5) is 5.69 Å². The van der Waals surface area contributed by atoms with Gasteiger partial charge in [-0.3, -0.25) is 9.48 Å². The van der Waals surface area contributed by atoms with Crippen LogP contribution in [0.15, 0.2) is 71.9 Å². The van der Waals surface area contributed by atoms with Gasteiger partial charge in [-0.15, -0.1) is 11.8 Å². The maximum absolute atomic E-state index is 12.2. The van der Waals surface area contributed by atoms with Crippen LogP contribution in [0.3, 0.4) is 0 Å². The molecule has 0 spiro atoms. The van der Waals surface area contributed by atoms with Gasteiger partial charge in [-0.2, -0.15) is 5.10 Å². The molecule has 1 N–H and O–H groups in total. The van der Waals surface area contributed by atoms with E-state index in [4.69, 9.17) is 0 Å². The van der Waals surface area contributed by atoms with Gasteiger partial charge in [0.05, 0.1) is 12.3 Å². The molecule has 4 nitrogen and oxygen atoms in total. The lowest BCUT2D eigenvalue weighted by Crippen LogP contribution is -2.14. The molecular formula is C19H19N3OS. The van der Waals surface area contributed by atoms with Crippen LogP contribution in [0.25, 0.3) is 0 Å². The van der Waals surface area contributed by atoms with E-state index >= 15 is 0 Å². The zero-order valence-electron chi connectivity index (χ0n) is 13.5. The number of nitrogens with one attached hydrogen (secondary N) is 1. The van der Waals surface area contributed by atoms with Crippen molar-refractivity contribution in [1.82, 2.24) is 9.78 Å². The number of amides is 1. The number of carbonyl (C=O) groups excluding carboxylic acids is 1. The first-order valence-electron chi connectivity index (χ1n) is 7.75. The van der Waals surface area contributed by atoms with Crippen LogP contribution in [0, 0.1) is 6.92 Å². The number of aromatic nitrogens is 2. The van der Waals surface area contributed by atoms with Crippen LogP contribution < -0.4 is 5.32 Å². The van der Waals surface area contributed by atoms with Gasteiger partial charge in [-0.1, -0.05) is 30.3 Å². The summed E-state index contributed by atoms with van der Waals surface area (Å²) < 4.78 is 1.86. The lowest BCUT2D eigenvalue weighted by atomic mass is 10.2. The van der Waals surface area contributed by atoms with Gasteiger partial charge in [-0.05, 0) is 42.3 Å². The van der Waals surface area contributed by atoms with E-state index in [9.17, 15) is 4.79 Å². The lowest BCUT2D eigenvalue weighted by Gasteiger charge is -2.08. The molecule has 1 aromatic heterocycles. The molecule has 0 saturated heterocycles. The van der Waals surface area contributed by atoms with E-state index in [1.54, 1.807) is 18.0 Å². The van der Waals surface area contributed by atoms with E-state index in [0.717, 1.165) is 16.1 Å². The van der Waals surface area contributed by atoms with Gasteiger partial charge >= 0.3 is 0 Å². The molecule has 24 heavy (non-hydrogen) atoms. The number of thioether (sulfide) groups is 1. The van der Waals surface area contributed by atoms with Crippen LogP contribution in [0.2, 0.25) is 0 Å². The fourth-order valence-electron chi connectivity index (χ4n) is 2.39. The van der Waals surface area contributed by atoms with Crippen molar-refractivity contribution >= 4 is 23.4 Å². The van der Waals surface area contributed by atoms with Crippen molar-refractivity contribution in [3.8, 4) is 0 Å². The molecule has 0 saturated carbocycles. The number of carbonyl (C=O) groups is 1. The molecule has 0 unspecified atom stereocenters. The molecule has 0 aliphatic rings. The van der Waals surface area contributed by atoms with Crippen LogP contribution in [-0.4, -0.2) is 21.4 Å². The van der Waals surface area contributed by atoms with Crippen LogP contribution in [0.1, 0.15) is 11.1 Å². The standard InChI is InChI=1S/C19H19N3OS/c1-15-6-2-3-9-18(15)24-14-19(23)21-17-8-4-7-16(12-17)13-22-11-5-10-20-22/h2-12H,13-14H2,1H3,(H,21,23). The highest BCUT2D eigenvalue weighted by molar-refractivity contribution is 8.00. The minimum absolute atomic E-state index is 0.000470. The number of anilines is 1. The molecule has 0 fully saturated rings. The maximum atomic E-state index is 12.2. The molecule has 0 bridgehead atoms. The second-order valence-electron chi connectivity index (χ2n) is 5.51. The molecule has 0 radical (unpaired) electrons. The Hall–Kier alpha value is -2.53. The van der Waals surface area contributed by atoms with Crippen LogP contribution >= 0.6 is 11.8 Å². The molecule has 3 rings (SSSR count). The third kappa shape index (κ3) is 4.49. The Morgan fingerprint density at radius 2 is 2.04 bits per heavy atom. The number of hydrogen-bond acceptors (Lipinski definition) is 3. The summed E-state index contributed by atoms with van der Waals surface area (Å²) >= 11 is 1.56. The molecule has 3 aromatic rings. The summed E-state index contributed by atoms with van der Waals surface area (Å²) in [6.07, 6.45) is 3.68. The van der Waals surface area contributed by atoms with Gasteiger partial charge in [-0.25, -0.2) is 0 Å². The van der Waals surface area contributed by atoms with Gasteiger partial charge in [0.2, 0.25) is 5.91 Å². The van der Waals surface area contributed by atoms with E-state index in [2.05, 4.69) is 23.4 Å². The summed E-state index contributed by atoms with van der Waals surface area (Å²) in [5.41, 5.74) is 3.11. The first-order chi connectivity index (χ1) is 11.7. The van der Waals surface area contributed by atoms with Gasteiger partial charge in [0.25, 0.3) is 0 Å². The van der Waals surface area contributed by atoms with Gasteiger partial charge in [0, 0.05) is 23.0 Å². The topological polar surface area (TPSA) is 46.9 Å². The van der Waals surface area contributed by atoms with E-state index < -0.39 is 0 Å². The minimum Gasteiger partial charge on any atom is -0.325 e. The van der Waals surface area contributed by atoms with Crippen molar-refractivity contribution in [1.29, 1.82) is 0 Å². The van der Waals surface area contributed by atoms with Crippen molar-refractivity contribution in [2.45, 2.75) is 18.4 Å². The molecular weight excluding hydrogens is 318 g/mol. The quantitative estimate of drug-likeness (QED) is 0.692. The van der Waals surface area contributed by atoms with Crippen molar-refractivity contribution in [2.75, 3.05) is 11.1 Å². The summed E-state index contributed by atoms with van der Waals surface area (Å²) in [7, 11) is 0. The highest BCUT2D eigenvalue weighted by atomic mass is 32.2. The molecule has 0 aliphatic carbocycles. The number of rotatable bonds is 6. The summed E-state index contributed by atoms with van der Waals surface area (Å²) in [6, 6.07) is 17.9. The third-order valence-corrected chi connectivity index (χ3v) is 4.74. The number of nitrogens with zero attached hydrogens (tertiary/aromatic N) is 2. The molecule has 1 amide bonds. The zero-order chi connectivity index (χ0) is 16.8. The number of hydrogen-bond donors (Lipinski definition) is 1. The fraction of sp³-hybridized carbons (Fsp3) is 0.158. The van der Waals surface area contributed by atoms with Gasteiger partial charge in [0.1, 0.15) is 0 Å². The Morgan fingerprint density at radius 1 is 1.17 bits per heavy atom. The average Bonchev–Trinajstić information content (AvgIpc) is 3.07. The highest BCUT2D eigenvalue weighted by Gasteiger charge is 2.06. The Balaban J connectivity index is 1.57. The fourth-order valence-corrected chi connectivity index (χ4v) is 3.22. The SMILES string of the molecule is Cc1ccccc1SCC(=O)Nc1cccc(Cn2cccn2)c1. The summed E-state index contributed by atoms with van der Waals surface area (Å²) in [6.45, 7) is 2.74. The second-order valence-corrected chi connectivity index (χ2v) is 6.52. The normalized spacial score (nSPS) is 10.5. The predicted molar refractivity (Wildman–Crippen MR) is 98.3 cm³/mol. The van der Waals surface area contributed by atoms with Crippen LogP contribution in [-0.2, 0) is 11.3 Å². The van der Waals surface area contributed by atoms with Crippen LogP contribution in [0.5, 0.6) is 0 Å². The molecule has 0 aliphatic heterocycles. The van der Waals surface area contributed by atoms with E-state index in [1.165, 1.54) is 5.56 Å². The largest absolute Gasteiger partial charge is 0.325 e. The third-order valence-electron chi connectivity index (χ3n) is 3.57. The van der Waals surface area contributed by atoms with Crippen molar-refractivity contribution < 1.29 is 4.79 Å². The monoisotopic (exact) mass is 337 g/mol. The molecule has 122 valence electrons. The van der Waals surface area contributed by atoms with Gasteiger partial charge in [0.15, 0.2) is 0 Å². The lowest BCUT2D eigenvalue weighted by molar-refractivity contribution is -0.113. The molecule has 2 aromatic carbocycles. The van der Waals surface area contributed by atoms with E-state index in [0.29, 0.717) is 12.3 Å². The Bertz CT molecular complexity index is 815. The van der Waals surface area contributed by atoms with Crippen molar-refractivity contribution in [3.63, 3.8) is 0 Å². The molecule has 0 atom stereocenters. The summed E-state index contributed by atoms with van der Waals surface area (Å²) in [5, 5.41) is 7.16. The van der Waals surface area contributed by atoms with E-state index in [-0.39, 0.29) is 5.91 Å². The smallest absolute Gasteiger partial charge is 0.234 e. The molecule has 5 heteroatoms. The Kier molecular flexibility index (Phi) is 5.33. The average molecular weight is 337 g/mol. The number of aryl methyl sites for hydroxylation is 1. The summed E-state index contributed by atoms with van der Waals surface area (Å²) in [4.78, 5) is 13.3. The Labute approximate surface area is 145 Å². The zero-order valence-corrected chi connectivity index (χ0v) is 14.3. The summed E-state index contributed by atoms with van der Waals surface area (Å²) in [5.74, 6) is 0.397. The van der Waals surface area contributed by atoms with Gasteiger partial charge < -0.3 is 5.32 Å². The predicted octanol–water partition coefficient (Wildman–Crippen LogP) is 3.97. The van der Waals surface area contributed by atoms with Crippen molar-refractivity contribution in [3.05, 3.63) is 78.1 Å². The maximum Gasteiger partial charge on any atom is 0.234 e. The van der Waals surface area contributed by atoms with Crippen molar-refractivity contribution in [2.24, 2.45) is 0 Å². The number of benzene rings is 2. The first kappa shape index (κ1) is 16.3. The molecule has 1 heterocycles. The Morgan fingerprint density at radius 3 is 2.83 bits per heavy atom. The minimum atomic E-state index is -0.000470. The van der Waals surface area contributed by atoms with E-state index in [1.807, 2.05) is 59.4 Å².